The van der Waals surface area contributed by atoms with Crippen molar-refractivity contribution in [1.82, 2.24) is 10.4 Å². The van der Waals surface area contributed by atoms with E-state index in [-0.39, 0.29) is 0 Å². The first-order valence-electron chi connectivity index (χ1n) is 3.84. The van der Waals surface area contributed by atoms with Gasteiger partial charge in [-0.25, -0.2) is 0 Å². The predicted molar refractivity (Wildman–Crippen MR) is 54.7 cm³/mol. The average Bonchev–Trinajstić information content (AvgIpc) is 2.03. The molecule has 0 radical (unpaired) electrons. The third-order valence-corrected chi connectivity index (χ3v) is 2.04. The van der Waals surface area contributed by atoms with Crippen molar-refractivity contribution in [3.05, 3.63) is 34.3 Å². The first kappa shape index (κ1) is 9.71. The van der Waals surface area contributed by atoms with Crippen LogP contribution in [0.25, 0.3) is 0 Å². The Morgan fingerprint density at radius 2 is 1.83 bits per heavy atom. The van der Waals surface area contributed by atoms with E-state index < -0.39 is 0 Å². The Balaban J connectivity index is 2.48. The second-order valence-electron chi connectivity index (χ2n) is 2.86. The Hall–Kier alpha value is -0.380. The molecular weight excluding hydrogens is 216 g/mol. The van der Waals surface area contributed by atoms with E-state index in [4.69, 9.17) is 0 Å². The summed E-state index contributed by atoms with van der Waals surface area (Å²) in [6.45, 7) is 0.875. The lowest BCUT2D eigenvalue weighted by Crippen LogP contribution is -2.29. The molecule has 66 valence electrons. The second kappa shape index (κ2) is 4.60. The molecule has 3 heteroatoms. The Morgan fingerprint density at radius 3 is 2.33 bits per heavy atom. The highest BCUT2D eigenvalue weighted by Crippen LogP contribution is 2.09. The number of rotatable bonds is 3. The van der Waals surface area contributed by atoms with Gasteiger partial charge in [0.05, 0.1) is 0 Å². The molecule has 0 fully saturated rings. The Morgan fingerprint density at radius 1 is 1.25 bits per heavy atom. The van der Waals surface area contributed by atoms with Gasteiger partial charge in [0.1, 0.15) is 0 Å². The van der Waals surface area contributed by atoms with Gasteiger partial charge in [0, 0.05) is 25.1 Å². The number of hydrogen-bond donors (Lipinski definition) is 1. The number of nitrogens with one attached hydrogen (secondary N) is 1. The lowest BCUT2D eigenvalue weighted by Gasteiger charge is -2.11. The molecule has 0 aliphatic carbocycles. The second-order valence-corrected chi connectivity index (χ2v) is 3.77. The molecule has 0 unspecified atom stereocenters. The van der Waals surface area contributed by atoms with E-state index >= 15 is 0 Å². The molecule has 0 aliphatic heterocycles. The van der Waals surface area contributed by atoms with Gasteiger partial charge in [0.15, 0.2) is 0 Å². The molecule has 1 aromatic carbocycles. The third kappa shape index (κ3) is 3.34. The summed E-state index contributed by atoms with van der Waals surface area (Å²) in [7, 11) is 3.97. The molecule has 0 amide bonds. The highest BCUT2D eigenvalue weighted by molar-refractivity contribution is 9.10. The average molecular weight is 229 g/mol. The fourth-order valence-corrected chi connectivity index (χ4v) is 1.12. The van der Waals surface area contributed by atoms with Gasteiger partial charge < -0.3 is 0 Å². The molecule has 0 saturated carbocycles. The van der Waals surface area contributed by atoms with Crippen LogP contribution in [0.15, 0.2) is 28.7 Å². The van der Waals surface area contributed by atoms with Gasteiger partial charge in [-0.15, -0.1) is 0 Å². The van der Waals surface area contributed by atoms with Crippen LogP contribution < -0.4 is 5.43 Å². The van der Waals surface area contributed by atoms with E-state index in [1.54, 1.807) is 0 Å². The summed E-state index contributed by atoms with van der Waals surface area (Å²) in [6.07, 6.45) is 0. The van der Waals surface area contributed by atoms with Gasteiger partial charge in [-0.2, -0.15) is 0 Å². The van der Waals surface area contributed by atoms with Crippen molar-refractivity contribution in [2.24, 2.45) is 0 Å². The molecule has 0 saturated heterocycles. The number of nitrogens with zero attached hydrogens (tertiary/aromatic N) is 1. The molecule has 2 nitrogen and oxygen atoms in total. The lowest BCUT2D eigenvalue weighted by molar-refractivity contribution is 0.286. The van der Waals surface area contributed by atoms with Gasteiger partial charge in [-0.05, 0) is 17.7 Å². The van der Waals surface area contributed by atoms with Crippen molar-refractivity contribution in [2.45, 2.75) is 6.54 Å². The number of benzene rings is 1. The van der Waals surface area contributed by atoms with Crippen LogP contribution in [0.4, 0.5) is 0 Å². The first-order chi connectivity index (χ1) is 5.68. The van der Waals surface area contributed by atoms with Crippen LogP contribution in [-0.2, 0) is 6.54 Å². The fourth-order valence-electron chi connectivity index (χ4n) is 0.852. The molecule has 1 N–H and O–H groups in total. The van der Waals surface area contributed by atoms with Crippen molar-refractivity contribution >= 4 is 15.9 Å². The molecule has 12 heavy (non-hydrogen) atoms. The summed E-state index contributed by atoms with van der Waals surface area (Å²) < 4.78 is 1.12. The zero-order valence-corrected chi connectivity index (χ0v) is 8.93. The summed E-state index contributed by atoms with van der Waals surface area (Å²) >= 11 is 3.39. The van der Waals surface area contributed by atoms with Gasteiger partial charge in [-0.1, -0.05) is 28.1 Å². The molecule has 0 spiro atoms. The van der Waals surface area contributed by atoms with Crippen molar-refractivity contribution in [3.63, 3.8) is 0 Å². The monoisotopic (exact) mass is 228 g/mol. The maximum Gasteiger partial charge on any atom is 0.0353 e. The Labute approximate surface area is 81.7 Å². The zero-order valence-electron chi connectivity index (χ0n) is 7.34. The third-order valence-electron chi connectivity index (χ3n) is 1.51. The van der Waals surface area contributed by atoms with Gasteiger partial charge in [-0.3, -0.25) is 10.4 Å². The predicted octanol–water partition coefficient (Wildman–Crippen LogP) is 2.02. The summed E-state index contributed by atoms with van der Waals surface area (Å²) in [5.74, 6) is 0. The van der Waals surface area contributed by atoms with E-state index in [0.29, 0.717) is 0 Å². The minimum Gasteiger partial charge on any atom is -0.251 e. The van der Waals surface area contributed by atoms with Gasteiger partial charge >= 0.3 is 0 Å². The molecular formula is C9H13BrN2. The normalized spacial score (nSPS) is 10.7. The van der Waals surface area contributed by atoms with Gasteiger partial charge in [0.2, 0.25) is 0 Å². The largest absolute Gasteiger partial charge is 0.251 e. The van der Waals surface area contributed by atoms with Crippen molar-refractivity contribution in [3.8, 4) is 0 Å². The molecule has 0 aromatic heterocycles. The Bertz CT molecular complexity index is 231. The lowest BCUT2D eigenvalue weighted by atomic mass is 10.2. The van der Waals surface area contributed by atoms with Crippen LogP contribution in [0.1, 0.15) is 5.56 Å². The molecule has 0 aliphatic rings. The highest BCUT2D eigenvalue weighted by Gasteiger charge is 1.92. The summed E-state index contributed by atoms with van der Waals surface area (Å²) in [6, 6.07) is 8.29. The number of halogens is 1. The summed E-state index contributed by atoms with van der Waals surface area (Å²) in [5, 5.41) is 1.95. The van der Waals surface area contributed by atoms with Crippen LogP contribution in [0.2, 0.25) is 0 Å². The number of hydrazine groups is 1. The van der Waals surface area contributed by atoms with Crippen LogP contribution in [-0.4, -0.2) is 19.1 Å². The standard InChI is InChI=1S/C9H13BrN2/c1-12(2)11-7-8-3-5-9(10)6-4-8/h3-6,11H,7H2,1-2H3. The van der Waals surface area contributed by atoms with Gasteiger partial charge in [0.25, 0.3) is 0 Å². The van der Waals surface area contributed by atoms with Crippen LogP contribution >= 0.6 is 15.9 Å². The number of hydrogen-bond acceptors (Lipinski definition) is 2. The maximum absolute atomic E-state index is 3.39. The molecule has 0 bridgehead atoms. The van der Waals surface area contributed by atoms with E-state index in [0.717, 1.165) is 11.0 Å². The molecule has 0 heterocycles. The zero-order chi connectivity index (χ0) is 8.97. The van der Waals surface area contributed by atoms with Crippen molar-refractivity contribution < 1.29 is 0 Å². The minimum atomic E-state index is 0.875. The fraction of sp³-hybridized carbons (Fsp3) is 0.333. The quantitative estimate of drug-likeness (QED) is 0.797. The Kier molecular flexibility index (Phi) is 3.72. The maximum atomic E-state index is 3.39. The van der Waals surface area contributed by atoms with E-state index in [9.17, 15) is 0 Å². The van der Waals surface area contributed by atoms with Crippen molar-refractivity contribution in [1.29, 1.82) is 0 Å². The van der Waals surface area contributed by atoms with Crippen LogP contribution in [0.5, 0.6) is 0 Å². The minimum absolute atomic E-state index is 0.875. The van der Waals surface area contributed by atoms with Crippen LogP contribution in [0.3, 0.4) is 0 Å². The summed E-state index contributed by atoms with van der Waals surface area (Å²) in [5.41, 5.74) is 4.48. The SMILES string of the molecule is CN(C)NCc1ccc(Br)cc1. The molecule has 1 aromatic rings. The van der Waals surface area contributed by atoms with Crippen molar-refractivity contribution in [2.75, 3.05) is 14.1 Å². The smallest absolute Gasteiger partial charge is 0.0353 e. The topological polar surface area (TPSA) is 15.3 Å². The summed E-state index contributed by atoms with van der Waals surface area (Å²) in [4.78, 5) is 0. The van der Waals surface area contributed by atoms with E-state index in [1.165, 1.54) is 5.56 Å². The van der Waals surface area contributed by atoms with E-state index in [2.05, 4.69) is 33.5 Å². The van der Waals surface area contributed by atoms with Crippen LogP contribution in [0, 0.1) is 0 Å². The first-order valence-corrected chi connectivity index (χ1v) is 4.63. The highest BCUT2D eigenvalue weighted by atomic mass is 79.9. The molecule has 1 rings (SSSR count). The molecule has 0 atom stereocenters. The van der Waals surface area contributed by atoms with E-state index in [1.807, 2.05) is 31.2 Å².